The Bertz CT molecular complexity index is 628. The van der Waals surface area contributed by atoms with E-state index in [-0.39, 0.29) is 18.6 Å². The number of anilines is 2. The summed E-state index contributed by atoms with van der Waals surface area (Å²) in [6.45, 7) is 2.15. The van der Waals surface area contributed by atoms with Crippen molar-refractivity contribution in [3.8, 4) is 5.75 Å². The highest BCUT2D eigenvalue weighted by Crippen LogP contribution is 2.31. The number of carbonyl (C=O) groups is 1. The number of hydrogen-bond donors (Lipinski definition) is 2. The summed E-state index contributed by atoms with van der Waals surface area (Å²) < 4.78 is 5.33. The van der Waals surface area contributed by atoms with E-state index in [4.69, 9.17) is 4.74 Å². The number of amides is 1. The minimum atomic E-state index is -0.128. The van der Waals surface area contributed by atoms with E-state index in [0.717, 1.165) is 11.3 Å². The first-order valence-electron chi connectivity index (χ1n) is 6.45. The Morgan fingerprint density at radius 2 is 2.10 bits per heavy atom. The van der Waals surface area contributed by atoms with Crippen molar-refractivity contribution in [3.05, 3.63) is 48.3 Å². The number of benzene rings is 1. The summed E-state index contributed by atoms with van der Waals surface area (Å²) in [4.78, 5) is 15.3. The lowest BCUT2D eigenvalue weighted by Crippen LogP contribution is -2.25. The molecule has 1 aromatic carbocycles. The van der Waals surface area contributed by atoms with Crippen molar-refractivity contribution >= 4 is 17.3 Å². The topological polar surface area (TPSA) is 63.2 Å². The van der Waals surface area contributed by atoms with Gasteiger partial charge in [0.1, 0.15) is 5.75 Å². The lowest BCUT2D eigenvalue weighted by atomic mass is 10.1. The first kappa shape index (κ1) is 12.5. The van der Waals surface area contributed by atoms with Gasteiger partial charge in [-0.05, 0) is 42.8 Å². The number of nitrogens with zero attached hydrogens (tertiary/aromatic N) is 1. The monoisotopic (exact) mass is 269 g/mol. The Balaban J connectivity index is 1.78. The van der Waals surface area contributed by atoms with Crippen LogP contribution in [0.1, 0.15) is 18.5 Å². The maximum atomic E-state index is 11.3. The third kappa shape index (κ3) is 2.56. The number of rotatable bonds is 3. The van der Waals surface area contributed by atoms with Crippen molar-refractivity contribution in [1.82, 2.24) is 4.98 Å². The molecule has 20 heavy (non-hydrogen) atoms. The Morgan fingerprint density at radius 3 is 2.90 bits per heavy atom. The van der Waals surface area contributed by atoms with Crippen molar-refractivity contribution in [2.75, 3.05) is 17.2 Å². The Hall–Kier alpha value is -2.56. The second-order valence-corrected chi connectivity index (χ2v) is 4.69. The van der Waals surface area contributed by atoms with Crippen LogP contribution in [0, 0.1) is 0 Å². The normalized spacial score (nSPS) is 14.8. The quantitative estimate of drug-likeness (QED) is 0.899. The molecule has 0 spiro atoms. The molecular formula is C15H15N3O2. The van der Waals surface area contributed by atoms with Crippen LogP contribution in [0.2, 0.25) is 0 Å². The van der Waals surface area contributed by atoms with Gasteiger partial charge in [0.25, 0.3) is 5.91 Å². The van der Waals surface area contributed by atoms with Crippen LogP contribution in [-0.4, -0.2) is 17.5 Å². The summed E-state index contributed by atoms with van der Waals surface area (Å²) in [7, 11) is 0. The summed E-state index contributed by atoms with van der Waals surface area (Å²) in [6, 6.07) is 9.77. The van der Waals surface area contributed by atoms with Gasteiger partial charge in [-0.25, -0.2) is 0 Å². The molecule has 5 nitrogen and oxygen atoms in total. The van der Waals surface area contributed by atoms with E-state index in [9.17, 15) is 4.79 Å². The van der Waals surface area contributed by atoms with Crippen LogP contribution in [-0.2, 0) is 4.79 Å². The van der Waals surface area contributed by atoms with Gasteiger partial charge in [0.15, 0.2) is 6.61 Å². The number of hydrogen-bond acceptors (Lipinski definition) is 4. The van der Waals surface area contributed by atoms with Crippen molar-refractivity contribution < 1.29 is 9.53 Å². The zero-order valence-electron chi connectivity index (χ0n) is 11.1. The second kappa shape index (κ2) is 5.21. The molecule has 1 aliphatic rings. The average molecular weight is 269 g/mol. The van der Waals surface area contributed by atoms with Gasteiger partial charge in [-0.2, -0.15) is 0 Å². The van der Waals surface area contributed by atoms with Gasteiger partial charge < -0.3 is 15.4 Å². The van der Waals surface area contributed by atoms with Crippen LogP contribution in [0.5, 0.6) is 5.75 Å². The van der Waals surface area contributed by atoms with Crippen LogP contribution in [0.25, 0.3) is 0 Å². The fourth-order valence-electron chi connectivity index (χ4n) is 2.16. The lowest BCUT2D eigenvalue weighted by molar-refractivity contribution is -0.118. The standard InChI is InChI=1S/C15H15N3O2/c1-10(11-4-6-16-7-5-11)17-12-2-3-14-13(8-12)18-15(19)9-20-14/h2-8,10,17H,9H2,1H3,(H,18,19). The Morgan fingerprint density at radius 1 is 1.30 bits per heavy atom. The third-order valence-electron chi connectivity index (χ3n) is 3.20. The highest BCUT2D eigenvalue weighted by atomic mass is 16.5. The first-order valence-corrected chi connectivity index (χ1v) is 6.45. The molecule has 1 amide bonds. The van der Waals surface area contributed by atoms with Crippen LogP contribution in [0.4, 0.5) is 11.4 Å². The van der Waals surface area contributed by atoms with E-state index in [1.54, 1.807) is 12.4 Å². The van der Waals surface area contributed by atoms with Crippen LogP contribution in [0.3, 0.4) is 0 Å². The van der Waals surface area contributed by atoms with Gasteiger partial charge in [-0.15, -0.1) is 0 Å². The molecule has 2 N–H and O–H groups in total. The van der Waals surface area contributed by atoms with Crippen molar-refractivity contribution in [3.63, 3.8) is 0 Å². The number of fused-ring (bicyclic) bond motifs is 1. The predicted octanol–water partition coefficient (Wildman–Crippen LogP) is 2.59. The Kier molecular flexibility index (Phi) is 3.25. The minimum absolute atomic E-state index is 0.0766. The van der Waals surface area contributed by atoms with Crippen LogP contribution >= 0.6 is 0 Å². The third-order valence-corrected chi connectivity index (χ3v) is 3.20. The highest BCUT2D eigenvalue weighted by Gasteiger charge is 2.16. The van der Waals surface area contributed by atoms with Gasteiger partial charge in [0, 0.05) is 24.1 Å². The molecule has 1 aromatic heterocycles. The number of aromatic nitrogens is 1. The van der Waals surface area contributed by atoms with Gasteiger partial charge in [0.2, 0.25) is 0 Å². The highest BCUT2D eigenvalue weighted by molar-refractivity contribution is 5.96. The van der Waals surface area contributed by atoms with E-state index in [1.807, 2.05) is 30.3 Å². The second-order valence-electron chi connectivity index (χ2n) is 4.69. The molecule has 3 rings (SSSR count). The molecule has 0 saturated heterocycles. The molecule has 2 aromatic rings. The van der Waals surface area contributed by atoms with Crippen LogP contribution in [0.15, 0.2) is 42.7 Å². The summed E-state index contributed by atoms with van der Waals surface area (Å²) in [5, 5.41) is 6.19. The smallest absolute Gasteiger partial charge is 0.262 e. The fourth-order valence-corrected chi connectivity index (χ4v) is 2.16. The molecule has 0 bridgehead atoms. The SMILES string of the molecule is CC(Nc1ccc2c(c1)NC(=O)CO2)c1ccncc1. The van der Waals surface area contributed by atoms with Crippen molar-refractivity contribution in [1.29, 1.82) is 0 Å². The molecule has 102 valence electrons. The fraction of sp³-hybridized carbons (Fsp3) is 0.200. The predicted molar refractivity (Wildman–Crippen MR) is 76.8 cm³/mol. The van der Waals surface area contributed by atoms with E-state index >= 15 is 0 Å². The molecule has 1 aliphatic heterocycles. The van der Waals surface area contributed by atoms with E-state index in [2.05, 4.69) is 22.5 Å². The van der Waals surface area contributed by atoms with Crippen molar-refractivity contribution in [2.45, 2.75) is 13.0 Å². The zero-order chi connectivity index (χ0) is 13.9. The molecular weight excluding hydrogens is 254 g/mol. The summed E-state index contributed by atoms with van der Waals surface area (Å²) in [5.74, 6) is 0.573. The Labute approximate surface area is 117 Å². The zero-order valence-corrected chi connectivity index (χ0v) is 11.1. The summed E-state index contributed by atoms with van der Waals surface area (Å²) in [5.41, 5.74) is 2.78. The number of ether oxygens (including phenoxy) is 1. The molecule has 0 fully saturated rings. The summed E-state index contributed by atoms with van der Waals surface area (Å²) in [6.07, 6.45) is 3.54. The molecule has 1 atom stereocenters. The molecule has 0 aliphatic carbocycles. The maximum Gasteiger partial charge on any atom is 0.262 e. The average Bonchev–Trinajstić information content (AvgIpc) is 2.47. The van der Waals surface area contributed by atoms with E-state index in [0.29, 0.717) is 11.4 Å². The van der Waals surface area contributed by atoms with Gasteiger partial charge in [-0.1, -0.05) is 0 Å². The van der Waals surface area contributed by atoms with Crippen LogP contribution < -0.4 is 15.4 Å². The number of carbonyl (C=O) groups excluding carboxylic acids is 1. The van der Waals surface area contributed by atoms with Gasteiger partial charge in [0.05, 0.1) is 5.69 Å². The van der Waals surface area contributed by atoms with Gasteiger partial charge in [-0.3, -0.25) is 9.78 Å². The number of pyridine rings is 1. The molecule has 1 unspecified atom stereocenters. The van der Waals surface area contributed by atoms with Crippen molar-refractivity contribution in [2.24, 2.45) is 0 Å². The molecule has 0 radical (unpaired) electrons. The van der Waals surface area contributed by atoms with E-state index in [1.165, 1.54) is 0 Å². The maximum absolute atomic E-state index is 11.3. The first-order chi connectivity index (χ1) is 9.72. The number of nitrogens with one attached hydrogen (secondary N) is 2. The lowest BCUT2D eigenvalue weighted by Gasteiger charge is -2.20. The largest absolute Gasteiger partial charge is 0.482 e. The minimum Gasteiger partial charge on any atom is -0.482 e. The van der Waals surface area contributed by atoms with E-state index < -0.39 is 0 Å². The van der Waals surface area contributed by atoms with Gasteiger partial charge >= 0.3 is 0 Å². The molecule has 2 heterocycles. The molecule has 5 heteroatoms. The molecule has 0 saturated carbocycles. The summed E-state index contributed by atoms with van der Waals surface area (Å²) >= 11 is 0.